The first-order chi connectivity index (χ1) is 13.8. The van der Waals surface area contributed by atoms with E-state index in [9.17, 15) is 0 Å². The second-order valence-electron chi connectivity index (χ2n) is 6.63. The summed E-state index contributed by atoms with van der Waals surface area (Å²) >= 11 is 0. The summed E-state index contributed by atoms with van der Waals surface area (Å²) < 4.78 is 5.38. The van der Waals surface area contributed by atoms with Crippen LogP contribution in [0.25, 0.3) is 22.1 Å². The molecule has 1 fully saturated rings. The fourth-order valence-electron chi connectivity index (χ4n) is 3.59. The Balaban J connectivity index is 1.36. The van der Waals surface area contributed by atoms with Crippen LogP contribution in [0.2, 0.25) is 0 Å². The van der Waals surface area contributed by atoms with Crippen LogP contribution in [0.4, 0.5) is 11.5 Å². The lowest BCUT2D eigenvalue weighted by atomic mass is 10.2. The maximum absolute atomic E-state index is 5.38. The van der Waals surface area contributed by atoms with E-state index in [4.69, 9.17) is 4.74 Å². The molecule has 28 heavy (non-hydrogen) atoms. The monoisotopic (exact) mass is 373 g/mol. The second kappa shape index (κ2) is 6.88. The second-order valence-corrected chi connectivity index (χ2v) is 6.63. The number of nitrogens with zero attached hydrogens (tertiary/aromatic N) is 7. The van der Waals surface area contributed by atoms with Crippen molar-refractivity contribution in [3.8, 4) is 5.88 Å². The van der Waals surface area contributed by atoms with Crippen LogP contribution in [0.5, 0.6) is 5.88 Å². The fraction of sp³-hybridized carbons (Fsp3) is 0.250. The van der Waals surface area contributed by atoms with Crippen LogP contribution in [0.1, 0.15) is 0 Å². The van der Waals surface area contributed by atoms with E-state index in [1.54, 1.807) is 19.5 Å². The van der Waals surface area contributed by atoms with Crippen molar-refractivity contribution in [2.45, 2.75) is 0 Å². The molecular weight excluding hydrogens is 354 g/mol. The Kier molecular flexibility index (Phi) is 4.08. The van der Waals surface area contributed by atoms with Gasteiger partial charge in [0.2, 0.25) is 5.88 Å². The van der Waals surface area contributed by atoms with Gasteiger partial charge in [-0.2, -0.15) is 0 Å². The maximum Gasteiger partial charge on any atom is 0.224 e. The van der Waals surface area contributed by atoms with E-state index >= 15 is 0 Å². The maximum atomic E-state index is 5.38. The van der Waals surface area contributed by atoms with Crippen molar-refractivity contribution in [1.29, 1.82) is 0 Å². The molecule has 8 nitrogen and oxygen atoms in total. The third-order valence-corrected chi connectivity index (χ3v) is 5.06. The van der Waals surface area contributed by atoms with Crippen LogP contribution >= 0.6 is 0 Å². The van der Waals surface area contributed by atoms with E-state index in [1.807, 2.05) is 18.2 Å². The molecule has 3 aromatic heterocycles. The number of hydrogen-bond acceptors (Lipinski definition) is 8. The smallest absolute Gasteiger partial charge is 0.224 e. The van der Waals surface area contributed by atoms with Crippen molar-refractivity contribution in [3.63, 3.8) is 0 Å². The highest BCUT2D eigenvalue weighted by atomic mass is 16.5. The Morgan fingerprint density at radius 3 is 2.46 bits per heavy atom. The highest BCUT2D eigenvalue weighted by molar-refractivity contribution is 5.86. The molecule has 1 aliphatic rings. The van der Waals surface area contributed by atoms with E-state index in [2.05, 4.69) is 46.9 Å². The van der Waals surface area contributed by atoms with Crippen molar-refractivity contribution in [2.75, 3.05) is 43.1 Å². The molecule has 0 amide bonds. The highest BCUT2D eigenvalue weighted by Crippen LogP contribution is 2.27. The average molecular weight is 373 g/mol. The Hall–Kier alpha value is -3.55. The zero-order valence-corrected chi connectivity index (χ0v) is 15.5. The number of methoxy groups -OCH3 is 1. The summed E-state index contributed by atoms with van der Waals surface area (Å²) in [6, 6.07) is 10.2. The summed E-state index contributed by atoms with van der Waals surface area (Å²) in [5.74, 6) is 1.55. The summed E-state index contributed by atoms with van der Waals surface area (Å²) in [4.78, 5) is 26.4. The minimum Gasteiger partial charge on any atom is -0.480 e. The Morgan fingerprint density at radius 1 is 0.821 bits per heavy atom. The molecular formula is C20H19N7O. The van der Waals surface area contributed by atoms with E-state index in [1.165, 1.54) is 6.33 Å². The van der Waals surface area contributed by atoms with Crippen molar-refractivity contribution in [2.24, 2.45) is 0 Å². The number of benzene rings is 1. The first-order valence-corrected chi connectivity index (χ1v) is 9.18. The van der Waals surface area contributed by atoms with Crippen LogP contribution in [0.3, 0.4) is 0 Å². The molecule has 0 atom stereocenters. The summed E-state index contributed by atoms with van der Waals surface area (Å²) in [5, 5.41) is 0.930. The van der Waals surface area contributed by atoms with E-state index in [0.717, 1.165) is 54.1 Å². The SMILES string of the molecule is COc1ncnc2ccc(N3CCN(c4ccc5nccnc5n4)CC3)cc12. The first kappa shape index (κ1) is 16.6. The van der Waals surface area contributed by atoms with Crippen LogP contribution in [-0.4, -0.2) is 58.2 Å². The topological polar surface area (TPSA) is 80.2 Å². The molecule has 0 spiro atoms. The van der Waals surface area contributed by atoms with Crippen LogP contribution in [-0.2, 0) is 0 Å². The number of hydrogen-bond donors (Lipinski definition) is 0. The van der Waals surface area contributed by atoms with Crippen molar-refractivity contribution < 1.29 is 4.74 Å². The van der Waals surface area contributed by atoms with Gasteiger partial charge in [-0.05, 0) is 30.3 Å². The molecule has 4 aromatic rings. The van der Waals surface area contributed by atoms with Crippen molar-refractivity contribution >= 4 is 33.6 Å². The zero-order valence-electron chi connectivity index (χ0n) is 15.5. The predicted molar refractivity (Wildman–Crippen MR) is 108 cm³/mol. The molecule has 140 valence electrons. The molecule has 0 unspecified atom stereocenters. The summed E-state index contributed by atoms with van der Waals surface area (Å²) in [6.07, 6.45) is 4.89. The Morgan fingerprint density at radius 2 is 1.61 bits per heavy atom. The van der Waals surface area contributed by atoms with Crippen molar-refractivity contribution in [3.05, 3.63) is 49.1 Å². The normalized spacial score (nSPS) is 14.6. The summed E-state index contributed by atoms with van der Waals surface area (Å²) in [6.45, 7) is 3.59. The zero-order chi connectivity index (χ0) is 18.9. The number of pyridine rings is 1. The van der Waals surface area contributed by atoms with Gasteiger partial charge >= 0.3 is 0 Å². The Labute approximate surface area is 161 Å². The summed E-state index contributed by atoms with van der Waals surface area (Å²) in [5.41, 5.74) is 3.54. The van der Waals surface area contributed by atoms with Gasteiger partial charge in [0, 0.05) is 44.3 Å². The lowest BCUT2D eigenvalue weighted by molar-refractivity contribution is 0.402. The van der Waals surface area contributed by atoms with Crippen molar-refractivity contribution in [1.82, 2.24) is 24.9 Å². The minimum absolute atomic E-state index is 0.604. The summed E-state index contributed by atoms with van der Waals surface area (Å²) in [7, 11) is 1.63. The first-order valence-electron chi connectivity index (χ1n) is 9.18. The molecule has 8 heteroatoms. The van der Waals surface area contributed by atoms with Gasteiger partial charge in [0.15, 0.2) is 5.65 Å². The quantitative estimate of drug-likeness (QED) is 0.541. The Bertz CT molecular complexity index is 1140. The lowest BCUT2D eigenvalue weighted by Gasteiger charge is -2.36. The molecule has 0 bridgehead atoms. The molecule has 0 N–H and O–H groups in total. The molecule has 0 radical (unpaired) electrons. The number of fused-ring (bicyclic) bond motifs is 2. The molecule has 5 rings (SSSR count). The lowest BCUT2D eigenvalue weighted by Crippen LogP contribution is -2.46. The third-order valence-electron chi connectivity index (χ3n) is 5.06. The number of rotatable bonds is 3. The van der Waals surface area contributed by atoms with E-state index in [0.29, 0.717) is 11.5 Å². The third kappa shape index (κ3) is 2.92. The van der Waals surface area contributed by atoms with Gasteiger partial charge < -0.3 is 14.5 Å². The van der Waals surface area contributed by atoms with Gasteiger partial charge in [-0.1, -0.05) is 0 Å². The van der Waals surface area contributed by atoms with Gasteiger partial charge in [0.05, 0.1) is 18.0 Å². The van der Waals surface area contributed by atoms with Gasteiger partial charge in [0.25, 0.3) is 0 Å². The number of piperazine rings is 1. The molecule has 4 heterocycles. The van der Waals surface area contributed by atoms with E-state index in [-0.39, 0.29) is 0 Å². The average Bonchev–Trinajstić information content (AvgIpc) is 2.78. The predicted octanol–water partition coefficient (Wildman–Crippen LogP) is 2.30. The standard InChI is InChI=1S/C20H19N7O/c1-28-20-15-12-14(2-3-16(15)23-13-24-20)26-8-10-27(11-9-26)18-5-4-17-19(25-18)22-7-6-21-17/h2-7,12-13H,8-11H2,1H3. The van der Waals surface area contributed by atoms with Gasteiger partial charge in [-0.25, -0.2) is 19.9 Å². The number of ether oxygens (including phenoxy) is 1. The van der Waals surface area contributed by atoms with Gasteiger partial charge in [-0.3, -0.25) is 4.98 Å². The molecule has 1 aromatic carbocycles. The molecule has 0 aliphatic carbocycles. The molecule has 0 saturated carbocycles. The molecule has 1 saturated heterocycles. The van der Waals surface area contributed by atoms with E-state index < -0.39 is 0 Å². The van der Waals surface area contributed by atoms with Crippen LogP contribution in [0.15, 0.2) is 49.1 Å². The molecule has 1 aliphatic heterocycles. The van der Waals surface area contributed by atoms with Crippen LogP contribution < -0.4 is 14.5 Å². The van der Waals surface area contributed by atoms with Crippen LogP contribution in [0, 0.1) is 0 Å². The largest absolute Gasteiger partial charge is 0.480 e. The minimum atomic E-state index is 0.604. The van der Waals surface area contributed by atoms with Gasteiger partial charge in [0.1, 0.15) is 17.7 Å². The van der Waals surface area contributed by atoms with Gasteiger partial charge in [-0.15, -0.1) is 0 Å². The number of anilines is 2. The highest BCUT2D eigenvalue weighted by Gasteiger charge is 2.19. The number of aromatic nitrogens is 5. The fourth-order valence-corrected chi connectivity index (χ4v) is 3.59.